The van der Waals surface area contributed by atoms with Crippen molar-refractivity contribution in [3.8, 4) is 5.75 Å². The number of H-pyrrole nitrogens is 1. The van der Waals surface area contributed by atoms with Crippen LogP contribution in [0.1, 0.15) is 24.2 Å². The first-order valence-corrected chi connectivity index (χ1v) is 9.87. The van der Waals surface area contributed by atoms with E-state index < -0.39 is 17.3 Å². The van der Waals surface area contributed by atoms with Gasteiger partial charge in [0.1, 0.15) is 17.8 Å². The van der Waals surface area contributed by atoms with Gasteiger partial charge >= 0.3 is 0 Å². The highest BCUT2D eigenvalue weighted by atomic mass is 35.5. The summed E-state index contributed by atoms with van der Waals surface area (Å²) in [7, 11) is 0. The smallest absolute Gasteiger partial charge is 0.290 e. The molecule has 2 heterocycles. The van der Waals surface area contributed by atoms with Gasteiger partial charge in [-0.15, -0.1) is 11.3 Å². The van der Waals surface area contributed by atoms with Gasteiger partial charge in [0.15, 0.2) is 0 Å². The summed E-state index contributed by atoms with van der Waals surface area (Å²) in [6.07, 6.45) is 0.425. The molecule has 3 aromatic rings. The second-order valence-corrected chi connectivity index (χ2v) is 7.96. The van der Waals surface area contributed by atoms with E-state index in [9.17, 15) is 20.1 Å². The maximum atomic E-state index is 12.2. The maximum Gasteiger partial charge on any atom is 0.290 e. The molecular weight excluding hydrogens is 406 g/mol. The number of carbonyl (C=O) groups excluding carboxylic acids is 1. The Morgan fingerprint density at radius 1 is 1.36 bits per heavy atom. The molecule has 0 unspecified atom stereocenters. The molecule has 0 aliphatic heterocycles. The van der Waals surface area contributed by atoms with Gasteiger partial charge in [0.05, 0.1) is 22.8 Å². The molecule has 1 aliphatic rings. The lowest BCUT2D eigenvalue weighted by atomic mass is 10.0. The van der Waals surface area contributed by atoms with Crippen molar-refractivity contribution in [3.05, 3.63) is 45.5 Å². The van der Waals surface area contributed by atoms with Crippen LogP contribution in [-0.4, -0.2) is 37.2 Å². The van der Waals surface area contributed by atoms with Crippen molar-refractivity contribution in [1.29, 1.82) is 0 Å². The Hall–Kier alpha value is -2.17. The highest BCUT2D eigenvalue weighted by Crippen LogP contribution is 2.52. The van der Waals surface area contributed by atoms with Crippen LogP contribution in [0.15, 0.2) is 29.1 Å². The van der Waals surface area contributed by atoms with Crippen LogP contribution in [0.4, 0.5) is 0 Å². The first-order valence-electron chi connectivity index (χ1n) is 8.55. The predicted octanol–water partition coefficient (Wildman–Crippen LogP) is 1.88. The molecule has 0 radical (unpaired) electrons. The summed E-state index contributed by atoms with van der Waals surface area (Å²) in [6.45, 7) is 0.448. The number of thiazole rings is 1. The van der Waals surface area contributed by atoms with Crippen LogP contribution in [0.3, 0.4) is 0 Å². The molecule has 0 saturated heterocycles. The van der Waals surface area contributed by atoms with Gasteiger partial charge in [0, 0.05) is 28.0 Å². The molecule has 0 spiro atoms. The Bertz CT molecular complexity index is 1010. The van der Waals surface area contributed by atoms with Gasteiger partial charge < -0.3 is 30.4 Å². The first-order chi connectivity index (χ1) is 13.3. The summed E-state index contributed by atoms with van der Waals surface area (Å²) < 4.78 is 5.73. The molecule has 5 N–H and O–H groups in total. The zero-order valence-electron chi connectivity index (χ0n) is 14.6. The number of hydrogen-bond donors (Lipinski definition) is 5. The monoisotopic (exact) mass is 423 g/mol. The number of rotatable bonds is 7. The van der Waals surface area contributed by atoms with Gasteiger partial charge in [-0.2, -0.15) is 0 Å². The van der Waals surface area contributed by atoms with Crippen molar-refractivity contribution in [2.24, 2.45) is 5.41 Å². The highest BCUT2D eigenvalue weighted by Gasteiger charge is 2.64. The van der Waals surface area contributed by atoms with E-state index >= 15 is 0 Å². The van der Waals surface area contributed by atoms with Crippen molar-refractivity contribution < 1.29 is 24.9 Å². The van der Waals surface area contributed by atoms with E-state index in [4.69, 9.17) is 16.3 Å². The van der Waals surface area contributed by atoms with Crippen LogP contribution in [0.5, 0.6) is 5.75 Å². The van der Waals surface area contributed by atoms with Gasteiger partial charge in [-0.1, -0.05) is 11.6 Å². The van der Waals surface area contributed by atoms with Crippen molar-refractivity contribution >= 4 is 39.7 Å². The Morgan fingerprint density at radius 2 is 2.14 bits per heavy atom. The van der Waals surface area contributed by atoms with E-state index in [0.29, 0.717) is 23.1 Å². The topological polar surface area (TPSA) is 128 Å². The number of nitrogens with zero attached hydrogens (tertiary/aromatic N) is 1. The largest absolute Gasteiger partial charge is 0.486 e. The number of hydrogen-bond acceptors (Lipinski definition) is 7. The number of amides is 1. The molecule has 2 aromatic heterocycles. The predicted molar refractivity (Wildman–Crippen MR) is 103 cm³/mol. The summed E-state index contributed by atoms with van der Waals surface area (Å²) >= 11 is 7.78. The Labute approximate surface area is 168 Å². The van der Waals surface area contributed by atoms with Gasteiger partial charge in [-0.3, -0.25) is 4.79 Å². The Morgan fingerprint density at radius 3 is 2.79 bits per heavy atom. The molecule has 8 nitrogen and oxygen atoms in total. The summed E-state index contributed by atoms with van der Waals surface area (Å²) in [5.41, 5.74) is 2.47. The second kappa shape index (κ2) is 7.02. The molecule has 148 valence electrons. The summed E-state index contributed by atoms with van der Waals surface area (Å²) in [5, 5.41) is 34.0. The number of aromatic nitrogens is 2. The third-order valence-corrected chi connectivity index (χ3v) is 5.78. The fraction of sp³-hybridized carbons (Fsp3) is 0.333. The number of benzene rings is 1. The molecule has 10 heteroatoms. The lowest BCUT2D eigenvalue weighted by Gasteiger charge is -2.24. The lowest BCUT2D eigenvalue weighted by molar-refractivity contribution is -0.343. The Balaban J connectivity index is 1.45. The van der Waals surface area contributed by atoms with Gasteiger partial charge in [0.2, 0.25) is 5.91 Å². The molecule has 1 saturated carbocycles. The van der Waals surface area contributed by atoms with Gasteiger partial charge in [0.25, 0.3) is 5.97 Å². The van der Waals surface area contributed by atoms with Crippen LogP contribution < -0.4 is 10.1 Å². The van der Waals surface area contributed by atoms with Crippen molar-refractivity contribution in [1.82, 2.24) is 15.3 Å². The van der Waals surface area contributed by atoms with Crippen LogP contribution >= 0.6 is 22.9 Å². The van der Waals surface area contributed by atoms with E-state index in [2.05, 4.69) is 15.3 Å². The second-order valence-electron chi connectivity index (χ2n) is 6.83. The zero-order valence-corrected chi connectivity index (χ0v) is 16.2. The zero-order chi connectivity index (χ0) is 19.9. The summed E-state index contributed by atoms with van der Waals surface area (Å²) in [4.78, 5) is 19.5. The summed E-state index contributed by atoms with van der Waals surface area (Å²) in [5.74, 6) is -3.11. The average Bonchev–Trinajstić information content (AvgIpc) is 3.14. The van der Waals surface area contributed by atoms with Crippen molar-refractivity contribution in [2.45, 2.75) is 32.0 Å². The molecule has 1 fully saturated rings. The third-order valence-electron chi connectivity index (χ3n) is 4.85. The minimum Gasteiger partial charge on any atom is -0.486 e. The number of aliphatic hydroxyl groups is 3. The third kappa shape index (κ3) is 3.59. The molecule has 0 atom stereocenters. The van der Waals surface area contributed by atoms with Crippen LogP contribution in [0, 0.1) is 5.41 Å². The number of aromatic amines is 1. The normalized spacial score (nSPS) is 15.6. The van der Waals surface area contributed by atoms with Gasteiger partial charge in [-0.25, -0.2) is 4.98 Å². The molecule has 4 rings (SSSR count). The SMILES string of the molecule is O=C(NCc1cc2cc(Cl)c(OCc3cscn3)cc2[nH]1)C1(C(O)(O)O)CC1. The van der Waals surface area contributed by atoms with Gasteiger partial charge in [-0.05, 0) is 25.0 Å². The number of ether oxygens (including phenoxy) is 1. The lowest BCUT2D eigenvalue weighted by Crippen LogP contribution is -2.48. The molecule has 0 bridgehead atoms. The first kappa shape index (κ1) is 19.2. The molecule has 28 heavy (non-hydrogen) atoms. The van der Waals surface area contributed by atoms with Crippen molar-refractivity contribution in [2.75, 3.05) is 0 Å². The number of halogens is 1. The minimum atomic E-state index is -3.02. The standard InChI is InChI=1S/C18H18ClN3O5S/c19-13-4-10-3-11(6-20-16(23)17(1-2-17)18(24,25)26)22-14(10)5-15(13)27-7-12-8-28-9-21-12/h3-5,8-9,22,24-26H,1-2,6-7H2,(H,20,23). The van der Waals surface area contributed by atoms with Crippen molar-refractivity contribution in [3.63, 3.8) is 0 Å². The minimum absolute atomic E-state index is 0.137. The quantitative estimate of drug-likeness (QED) is 0.369. The molecule has 1 aromatic carbocycles. The number of carbonyl (C=O) groups is 1. The molecule has 1 aliphatic carbocycles. The average molecular weight is 424 g/mol. The fourth-order valence-electron chi connectivity index (χ4n) is 3.04. The van der Waals surface area contributed by atoms with E-state index in [-0.39, 0.29) is 19.4 Å². The summed E-state index contributed by atoms with van der Waals surface area (Å²) in [6, 6.07) is 5.37. The number of nitrogens with one attached hydrogen (secondary N) is 2. The maximum absolute atomic E-state index is 12.2. The molecule has 1 amide bonds. The number of fused-ring (bicyclic) bond motifs is 1. The van der Waals surface area contributed by atoms with E-state index in [1.807, 2.05) is 11.4 Å². The fourth-order valence-corrected chi connectivity index (χ4v) is 3.81. The highest BCUT2D eigenvalue weighted by molar-refractivity contribution is 7.07. The van der Waals surface area contributed by atoms with E-state index in [1.165, 1.54) is 11.3 Å². The van der Waals surface area contributed by atoms with E-state index in [1.54, 1.807) is 17.6 Å². The van der Waals surface area contributed by atoms with Crippen LogP contribution in [0.25, 0.3) is 10.9 Å². The van der Waals surface area contributed by atoms with E-state index in [0.717, 1.165) is 16.6 Å². The Kier molecular flexibility index (Phi) is 4.80. The van der Waals surface area contributed by atoms with Crippen LogP contribution in [0.2, 0.25) is 5.02 Å². The van der Waals surface area contributed by atoms with Crippen LogP contribution in [-0.2, 0) is 17.9 Å². The molecular formula is C18H18ClN3O5S.